The molecule has 0 radical (unpaired) electrons. The molecule has 1 aromatic heterocycles. The molecule has 0 saturated heterocycles. The highest BCUT2D eigenvalue weighted by atomic mass is 32.2. The smallest absolute Gasteiger partial charge is 0.244 e. The van der Waals surface area contributed by atoms with Crippen molar-refractivity contribution in [2.45, 2.75) is 63.9 Å². The molecule has 1 rings (SSSR count). The van der Waals surface area contributed by atoms with Gasteiger partial charge < -0.3 is 9.73 Å². The first-order valence-corrected chi connectivity index (χ1v) is 8.65. The van der Waals surface area contributed by atoms with Crippen molar-refractivity contribution in [3.05, 3.63) is 17.6 Å². The van der Waals surface area contributed by atoms with Gasteiger partial charge in [-0.2, -0.15) is 0 Å². The molecule has 0 bridgehead atoms. The highest BCUT2D eigenvalue weighted by molar-refractivity contribution is 7.89. The standard InChI is InChI=1S/C14H26N2O3S/c1-5-6-7-8-11(2)16-20(17,18)14-9-13(10-15-4)19-12(14)3/h9,11,15-16H,5-8,10H2,1-4H3. The van der Waals surface area contributed by atoms with Gasteiger partial charge in [0, 0.05) is 12.1 Å². The molecule has 116 valence electrons. The maximum atomic E-state index is 12.3. The number of furan rings is 1. The predicted molar refractivity (Wildman–Crippen MR) is 80.1 cm³/mol. The zero-order valence-electron chi connectivity index (χ0n) is 12.8. The highest BCUT2D eigenvalue weighted by Crippen LogP contribution is 2.20. The fourth-order valence-corrected chi connectivity index (χ4v) is 3.62. The molecule has 0 spiro atoms. The molecule has 5 nitrogen and oxygen atoms in total. The topological polar surface area (TPSA) is 71.3 Å². The average Bonchev–Trinajstić information content (AvgIpc) is 2.71. The molecule has 0 amide bonds. The van der Waals surface area contributed by atoms with Gasteiger partial charge in [-0.05, 0) is 27.3 Å². The SMILES string of the molecule is CCCCCC(C)NS(=O)(=O)c1cc(CNC)oc1C. The van der Waals surface area contributed by atoms with Crippen LogP contribution >= 0.6 is 0 Å². The predicted octanol–water partition coefficient (Wildman–Crippen LogP) is 2.55. The minimum atomic E-state index is -3.50. The Balaban J connectivity index is 2.72. The minimum absolute atomic E-state index is 0.0615. The summed E-state index contributed by atoms with van der Waals surface area (Å²) < 4.78 is 32.8. The Morgan fingerprint density at radius 2 is 2.05 bits per heavy atom. The maximum absolute atomic E-state index is 12.3. The second kappa shape index (κ2) is 7.81. The van der Waals surface area contributed by atoms with E-state index in [-0.39, 0.29) is 10.9 Å². The van der Waals surface area contributed by atoms with Gasteiger partial charge in [0.1, 0.15) is 16.4 Å². The Hall–Kier alpha value is -0.850. The molecule has 0 aliphatic carbocycles. The fourth-order valence-electron chi connectivity index (χ4n) is 2.14. The van der Waals surface area contributed by atoms with Gasteiger partial charge in [-0.15, -0.1) is 0 Å². The van der Waals surface area contributed by atoms with E-state index in [1.807, 2.05) is 6.92 Å². The number of unbranched alkanes of at least 4 members (excludes halogenated alkanes) is 2. The lowest BCUT2D eigenvalue weighted by atomic mass is 10.1. The van der Waals surface area contributed by atoms with Crippen LogP contribution in [0.1, 0.15) is 51.1 Å². The van der Waals surface area contributed by atoms with Crippen LogP contribution in [-0.2, 0) is 16.6 Å². The van der Waals surface area contributed by atoms with Crippen molar-refractivity contribution >= 4 is 10.0 Å². The number of sulfonamides is 1. The van der Waals surface area contributed by atoms with Crippen LogP contribution in [0.4, 0.5) is 0 Å². The molecule has 0 saturated carbocycles. The molecule has 1 aromatic rings. The zero-order chi connectivity index (χ0) is 15.2. The lowest BCUT2D eigenvalue weighted by Crippen LogP contribution is -2.32. The van der Waals surface area contributed by atoms with Crippen LogP contribution in [0.3, 0.4) is 0 Å². The first-order valence-electron chi connectivity index (χ1n) is 7.17. The molecule has 0 aromatic carbocycles. The molecule has 0 fully saturated rings. The van der Waals surface area contributed by atoms with Gasteiger partial charge >= 0.3 is 0 Å². The summed E-state index contributed by atoms with van der Waals surface area (Å²) in [5.41, 5.74) is 0. The van der Waals surface area contributed by atoms with Gasteiger partial charge in [0.25, 0.3) is 0 Å². The first-order chi connectivity index (χ1) is 9.40. The highest BCUT2D eigenvalue weighted by Gasteiger charge is 2.22. The molecule has 20 heavy (non-hydrogen) atoms. The van der Waals surface area contributed by atoms with E-state index in [1.165, 1.54) is 0 Å². The van der Waals surface area contributed by atoms with Crippen LogP contribution in [0, 0.1) is 6.92 Å². The molecule has 2 N–H and O–H groups in total. The maximum Gasteiger partial charge on any atom is 0.244 e. The van der Waals surface area contributed by atoms with Crippen molar-refractivity contribution in [1.82, 2.24) is 10.0 Å². The van der Waals surface area contributed by atoms with E-state index in [0.717, 1.165) is 25.7 Å². The van der Waals surface area contributed by atoms with Crippen LogP contribution in [0.25, 0.3) is 0 Å². The van der Waals surface area contributed by atoms with E-state index < -0.39 is 10.0 Å². The van der Waals surface area contributed by atoms with E-state index >= 15 is 0 Å². The summed E-state index contributed by atoms with van der Waals surface area (Å²) in [6, 6.07) is 1.53. The van der Waals surface area contributed by atoms with Gasteiger partial charge in [-0.25, -0.2) is 13.1 Å². The van der Waals surface area contributed by atoms with Crippen molar-refractivity contribution in [1.29, 1.82) is 0 Å². The van der Waals surface area contributed by atoms with E-state index in [2.05, 4.69) is 17.0 Å². The Kier molecular flexibility index (Phi) is 6.71. The monoisotopic (exact) mass is 302 g/mol. The first kappa shape index (κ1) is 17.2. The van der Waals surface area contributed by atoms with Crippen molar-refractivity contribution in [3.8, 4) is 0 Å². The number of rotatable bonds is 9. The van der Waals surface area contributed by atoms with Crippen LogP contribution in [0.15, 0.2) is 15.4 Å². The van der Waals surface area contributed by atoms with Crippen LogP contribution < -0.4 is 10.0 Å². The Labute approximate surface area is 122 Å². The zero-order valence-corrected chi connectivity index (χ0v) is 13.6. The molecule has 0 aliphatic rings. The number of nitrogens with one attached hydrogen (secondary N) is 2. The van der Waals surface area contributed by atoms with Crippen molar-refractivity contribution in [3.63, 3.8) is 0 Å². The molecule has 1 unspecified atom stereocenters. The largest absolute Gasteiger partial charge is 0.464 e. The molecule has 1 atom stereocenters. The van der Waals surface area contributed by atoms with E-state index in [4.69, 9.17) is 4.42 Å². The quantitative estimate of drug-likeness (QED) is 0.688. The van der Waals surface area contributed by atoms with E-state index in [9.17, 15) is 8.42 Å². The Morgan fingerprint density at radius 3 is 2.65 bits per heavy atom. The van der Waals surface area contributed by atoms with Gasteiger partial charge in [0.05, 0.1) is 6.54 Å². The van der Waals surface area contributed by atoms with Crippen molar-refractivity contribution in [2.24, 2.45) is 0 Å². The molecule has 0 aliphatic heterocycles. The summed E-state index contributed by atoms with van der Waals surface area (Å²) in [5.74, 6) is 1.06. The van der Waals surface area contributed by atoms with Gasteiger partial charge in [-0.3, -0.25) is 0 Å². The Bertz CT molecular complexity index is 508. The number of hydrogen-bond donors (Lipinski definition) is 2. The molecule has 6 heteroatoms. The fraction of sp³-hybridized carbons (Fsp3) is 0.714. The van der Waals surface area contributed by atoms with Crippen molar-refractivity contribution < 1.29 is 12.8 Å². The molecular weight excluding hydrogens is 276 g/mol. The lowest BCUT2D eigenvalue weighted by molar-refractivity contribution is 0.465. The summed E-state index contributed by atoms with van der Waals surface area (Å²) in [6.45, 7) is 6.22. The van der Waals surface area contributed by atoms with Gasteiger partial charge in [0.2, 0.25) is 10.0 Å². The Morgan fingerprint density at radius 1 is 1.35 bits per heavy atom. The van der Waals surface area contributed by atoms with Gasteiger partial charge in [0.15, 0.2) is 0 Å². The summed E-state index contributed by atoms with van der Waals surface area (Å²) in [7, 11) is -1.70. The van der Waals surface area contributed by atoms with E-state index in [0.29, 0.717) is 18.1 Å². The second-order valence-electron chi connectivity index (χ2n) is 5.18. The van der Waals surface area contributed by atoms with Crippen LogP contribution in [0.5, 0.6) is 0 Å². The van der Waals surface area contributed by atoms with Crippen LogP contribution in [0.2, 0.25) is 0 Å². The number of hydrogen-bond acceptors (Lipinski definition) is 4. The third kappa shape index (κ3) is 4.92. The molecular formula is C14H26N2O3S. The summed E-state index contributed by atoms with van der Waals surface area (Å²) in [4.78, 5) is 0.241. The van der Waals surface area contributed by atoms with Crippen molar-refractivity contribution in [2.75, 3.05) is 7.05 Å². The normalized spacial score (nSPS) is 13.6. The molecule has 1 heterocycles. The van der Waals surface area contributed by atoms with Gasteiger partial charge in [-0.1, -0.05) is 26.2 Å². The summed E-state index contributed by atoms with van der Waals surface area (Å²) in [6.07, 6.45) is 4.15. The summed E-state index contributed by atoms with van der Waals surface area (Å²) >= 11 is 0. The third-order valence-corrected chi connectivity index (χ3v) is 4.86. The summed E-state index contributed by atoms with van der Waals surface area (Å²) in [5, 5.41) is 2.94. The average molecular weight is 302 g/mol. The minimum Gasteiger partial charge on any atom is -0.464 e. The van der Waals surface area contributed by atoms with Crippen LogP contribution in [-0.4, -0.2) is 21.5 Å². The third-order valence-electron chi connectivity index (χ3n) is 3.16. The number of aryl methyl sites for hydroxylation is 1. The second-order valence-corrected chi connectivity index (χ2v) is 6.86. The van der Waals surface area contributed by atoms with E-state index in [1.54, 1.807) is 20.0 Å². The lowest BCUT2D eigenvalue weighted by Gasteiger charge is -2.13.